The first-order chi connectivity index (χ1) is 13.7. The maximum atomic E-state index is 12.1. The molecule has 0 unspecified atom stereocenters. The van der Waals surface area contributed by atoms with E-state index in [1.165, 1.54) is 0 Å². The first-order valence-electron chi connectivity index (χ1n) is 9.06. The number of ether oxygens (including phenoxy) is 1. The van der Waals surface area contributed by atoms with Crippen LogP contribution in [0.25, 0.3) is 0 Å². The van der Waals surface area contributed by atoms with Crippen molar-refractivity contribution in [1.82, 2.24) is 10.2 Å². The number of carbonyl (C=O) groups excluding carboxylic acids is 3. The van der Waals surface area contributed by atoms with Gasteiger partial charge in [-0.25, -0.2) is 9.59 Å². The van der Waals surface area contributed by atoms with Crippen molar-refractivity contribution in [2.75, 3.05) is 6.54 Å². The Bertz CT molecular complexity index is 777. The van der Waals surface area contributed by atoms with E-state index in [0.29, 0.717) is 12.8 Å². The number of nitriles is 1. The summed E-state index contributed by atoms with van der Waals surface area (Å²) in [4.78, 5) is 35.9. The highest BCUT2D eigenvalue weighted by Crippen LogP contribution is 2.24. The lowest BCUT2D eigenvalue weighted by Crippen LogP contribution is -2.43. The van der Waals surface area contributed by atoms with Gasteiger partial charge in [-0.05, 0) is 37.7 Å². The van der Waals surface area contributed by atoms with Crippen molar-refractivity contribution in [2.45, 2.75) is 50.4 Å². The van der Waals surface area contributed by atoms with Gasteiger partial charge in [0.2, 0.25) is 0 Å². The molecule has 7 nitrogen and oxygen atoms in total. The van der Waals surface area contributed by atoms with Gasteiger partial charge in [0.25, 0.3) is 0 Å². The number of halogens is 3. The number of benzene rings is 1. The van der Waals surface area contributed by atoms with Gasteiger partial charge >= 0.3 is 24.1 Å². The zero-order valence-corrected chi connectivity index (χ0v) is 15.4. The predicted molar refractivity (Wildman–Crippen MR) is 94.2 cm³/mol. The number of hydrogen-bond donors (Lipinski definition) is 1. The van der Waals surface area contributed by atoms with Gasteiger partial charge in [0.15, 0.2) is 0 Å². The van der Waals surface area contributed by atoms with Gasteiger partial charge in [-0.2, -0.15) is 18.4 Å². The smallest absolute Gasteiger partial charge is 0.375 e. The third-order valence-electron chi connectivity index (χ3n) is 4.49. The number of esters is 1. The molecule has 0 saturated carbocycles. The average molecular weight is 411 g/mol. The molecule has 1 fully saturated rings. The molecule has 0 aromatic heterocycles. The summed E-state index contributed by atoms with van der Waals surface area (Å²) >= 11 is 0. The Morgan fingerprint density at radius 1 is 1.24 bits per heavy atom. The number of cyclic esters (lactones) is 2. The van der Waals surface area contributed by atoms with Crippen molar-refractivity contribution >= 4 is 18.0 Å². The Hall–Kier alpha value is -3.09. The number of aryl methyl sites for hydroxylation is 1. The Labute approximate surface area is 165 Å². The molecule has 1 saturated heterocycles. The van der Waals surface area contributed by atoms with Gasteiger partial charge in [-0.15, -0.1) is 0 Å². The molecule has 156 valence electrons. The van der Waals surface area contributed by atoms with Gasteiger partial charge < -0.3 is 10.1 Å². The molecule has 0 spiro atoms. The lowest BCUT2D eigenvalue weighted by Gasteiger charge is -2.24. The highest BCUT2D eigenvalue weighted by molar-refractivity contribution is 5.95. The van der Waals surface area contributed by atoms with Crippen LogP contribution in [0.4, 0.5) is 18.0 Å². The fourth-order valence-electron chi connectivity index (χ4n) is 3.03. The summed E-state index contributed by atoms with van der Waals surface area (Å²) in [5.41, 5.74) is 0.976. The van der Waals surface area contributed by atoms with Gasteiger partial charge in [-0.1, -0.05) is 30.3 Å². The van der Waals surface area contributed by atoms with Crippen molar-refractivity contribution < 1.29 is 32.3 Å². The number of nitrogens with one attached hydrogen (secondary N) is 1. The fourth-order valence-corrected chi connectivity index (χ4v) is 3.03. The molecule has 1 aromatic rings. The molecule has 2 atom stereocenters. The summed E-state index contributed by atoms with van der Waals surface area (Å²) in [6, 6.07) is 9.50. The molecule has 0 bridgehead atoms. The predicted octanol–water partition coefficient (Wildman–Crippen LogP) is 2.71. The highest BCUT2D eigenvalue weighted by atomic mass is 19.4. The van der Waals surface area contributed by atoms with Crippen molar-refractivity contribution in [3.63, 3.8) is 0 Å². The maximum Gasteiger partial charge on any atom is 0.471 e. The molecule has 10 heteroatoms. The Morgan fingerprint density at radius 3 is 2.55 bits per heavy atom. The van der Waals surface area contributed by atoms with E-state index in [1.807, 2.05) is 36.4 Å². The molecular weight excluding hydrogens is 391 g/mol. The minimum absolute atomic E-state index is 0.121. The third kappa shape index (κ3) is 6.20. The van der Waals surface area contributed by atoms with E-state index in [-0.39, 0.29) is 25.8 Å². The second kappa shape index (κ2) is 9.91. The van der Waals surface area contributed by atoms with Crippen molar-refractivity contribution in [1.29, 1.82) is 5.26 Å². The van der Waals surface area contributed by atoms with Gasteiger partial charge in [0.05, 0.1) is 6.07 Å². The van der Waals surface area contributed by atoms with Gasteiger partial charge in [0, 0.05) is 6.54 Å². The summed E-state index contributed by atoms with van der Waals surface area (Å²) in [6.45, 7) is -0.219. The van der Waals surface area contributed by atoms with Crippen LogP contribution in [0.5, 0.6) is 0 Å². The van der Waals surface area contributed by atoms with Crippen LogP contribution < -0.4 is 5.32 Å². The normalized spacial score (nSPS) is 17.6. The lowest BCUT2D eigenvalue weighted by molar-refractivity contribution is -0.173. The lowest BCUT2D eigenvalue weighted by atomic mass is 10.0. The Kier molecular flexibility index (Phi) is 7.59. The SMILES string of the molecule is N#C[C@H](CCc1ccccc1)N1C(=O)OC(=O)[C@@H]1CCCCNC(=O)C(F)(F)F. The second-order valence-corrected chi connectivity index (χ2v) is 6.53. The number of amides is 2. The van der Waals surface area contributed by atoms with Crippen molar-refractivity contribution in [2.24, 2.45) is 0 Å². The molecule has 1 aliphatic heterocycles. The Morgan fingerprint density at radius 2 is 1.93 bits per heavy atom. The minimum Gasteiger partial charge on any atom is -0.375 e. The summed E-state index contributed by atoms with van der Waals surface area (Å²) in [7, 11) is 0. The number of unbranched alkanes of at least 4 members (excludes halogenated alkanes) is 1. The summed E-state index contributed by atoms with van der Waals surface area (Å²) in [5, 5.41) is 11.2. The van der Waals surface area contributed by atoms with Crippen LogP contribution >= 0.6 is 0 Å². The Balaban J connectivity index is 1.88. The van der Waals surface area contributed by atoms with Crippen LogP contribution in [0.2, 0.25) is 0 Å². The van der Waals surface area contributed by atoms with Crippen LogP contribution in [0.15, 0.2) is 30.3 Å². The first-order valence-corrected chi connectivity index (χ1v) is 9.06. The molecule has 29 heavy (non-hydrogen) atoms. The van der Waals surface area contributed by atoms with Crippen molar-refractivity contribution in [3.05, 3.63) is 35.9 Å². The molecule has 2 amide bonds. The van der Waals surface area contributed by atoms with E-state index in [4.69, 9.17) is 0 Å². The van der Waals surface area contributed by atoms with Gasteiger partial charge in [0.1, 0.15) is 12.1 Å². The van der Waals surface area contributed by atoms with Crippen LogP contribution in [0.3, 0.4) is 0 Å². The molecule has 2 rings (SSSR count). The standard InChI is InChI=1S/C19H20F3N3O4/c20-19(21,22)17(27)24-11-5-4-8-15-16(26)29-18(28)25(15)14(12-23)10-9-13-6-2-1-3-7-13/h1-3,6-7,14-15H,4-5,8-11H2,(H,24,27)/t14-,15-/m0/s1. The molecule has 1 N–H and O–H groups in total. The summed E-state index contributed by atoms with van der Waals surface area (Å²) in [5.74, 6) is -2.81. The van der Waals surface area contributed by atoms with E-state index >= 15 is 0 Å². The number of nitrogens with zero attached hydrogens (tertiary/aromatic N) is 2. The maximum absolute atomic E-state index is 12.1. The van der Waals surface area contributed by atoms with Gasteiger partial charge in [-0.3, -0.25) is 9.69 Å². The van der Waals surface area contributed by atoms with E-state index in [2.05, 4.69) is 4.74 Å². The molecule has 1 aliphatic rings. The van der Waals surface area contributed by atoms with Crippen LogP contribution in [0, 0.1) is 11.3 Å². The number of carbonyl (C=O) groups is 3. The monoisotopic (exact) mass is 411 g/mol. The first kappa shape index (κ1) is 22.2. The molecule has 0 aliphatic carbocycles. The van der Waals surface area contributed by atoms with Crippen LogP contribution in [0.1, 0.15) is 31.2 Å². The number of alkyl halides is 3. The van der Waals surface area contributed by atoms with Crippen molar-refractivity contribution in [3.8, 4) is 6.07 Å². The molecule has 1 heterocycles. The van der Waals surface area contributed by atoms with E-state index in [0.717, 1.165) is 10.5 Å². The molecular formula is C19H20F3N3O4. The third-order valence-corrected chi connectivity index (χ3v) is 4.49. The number of rotatable bonds is 9. The van der Waals surface area contributed by atoms with Crippen LogP contribution in [-0.2, 0) is 20.7 Å². The molecule has 0 radical (unpaired) electrons. The van der Waals surface area contributed by atoms with E-state index in [9.17, 15) is 32.8 Å². The van der Waals surface area contributed by atoms with Crippen LogP contribution in [-0.4, -0.2) is 47.7 Å². The fraction of sp³-hybridized carbons (Fsp3) is 0.474. The second-order valence-electron chi connectivity index (χ2n) is 6.53. The zero-order chi connectivity index (χ0) is 21.4. The quantitative estimate of drug-likeness (QED) is 0.383. The molecule has 1 aromatic carbocycles. The summed E-state index contributed by atoms with van der Waals surface area (Å²) in [6.07, 6.45) is -4.46. The highest BCUT2D eigenvalue weighted by Gasteiger charge is 2.44. The zero-order valence-electron chi connectivity index (χ0n) is 15.4. The minimum atomic E-state index is -4.95. The largest absolute Gasteiger partial charge is 0.471 e. The topological polar surface area (TPSA) is 99.5 Å². The number of hydrogen-bond acceptors (Lipinski definition) is 5. The average Bonchev–Trinajstić information content (AvgIpc) is 2.95. The van der Waals surface area contributed by atoms with E-state index in [1.54, 1.807) is 5.32 Å². The summed E-state index contributed by atoms with van der Waals surface area (Å²) < 4.78 is 41.0. The van der Waals surface area contributed by atoms with E-state index < -0.39 is 36.2 Å².